The molecule has 4 heteroatoms. The van der Waals surface area contributed by atoms with Gasteiger partial charge in [-0.15, -0.1) is 0 Å². The van der Waals surface area contributed by atoms with E-state index in [9.17, 15) is 0 Å². The van der Waals surface area contributed by atoms with E-state index in [1.54, 1.807) is 14.0 Å². The number of ether oxygens (including phenoxy) is 1. The van der Waals surface area contributed by atoms with E-state index in [1.165, 1.54) is 0 Å². The zero-order valence-corrected chi connectivity index (χ0v) is 5.42. The van der Waals surface area contributed by atoms with Crippen molar-refractivity contribution in [3.63, 3.8) is 0 Å². The highest BCUT2D eigenvalue weighted by atomic mass is 16.5. The molecule has 0 saturated carbocycles. The van der Waals surface area contributed by atoms with Crippen LogP contribution in [0.2, 0.25) is 0 Å². The van der Waals surface area contributed by atoms with Crippen molar-refractivity contribution in [2.24, 2.45) is 0 Å². The first kappa shape index (κ1) is 6.22. The summed E-state index contributed by atoms with van der Waals surface area (Å²) in [5, 5.41) is 3.59. The summed E-state index contributed by atoms with van der Waals surface area (Å²) in [6.45, 7) is 2.16. The first-order valence-corrected chi connectivity index (χ1v) is 2.61. The summed E-state index contributed by atoms with van der Waals surface area (Å²) >= 11 is 0. The van der Waals surface area contributed by atoms with Gasteiger partial charge in [-0.2, -0.15) is 4.98 Å². The van der Waals surface area contributed by atoms with Crippen molar-refractivity contribution in [2.75, 3.05) is 7.11 Å². The fraction of sp³-hybridized carbons (Fsp3) is 0.600. The maximum Gasteiger partial charge on any atom is 0.223 e. The van der Waals surface area contributed by atoms with E-state index in [1.807, 2.05) is 0 Å². The van der Waals surface area contributed by atoms with Gasteiger partial charge in [-0.3, -0.25) is 0 Å². The summed E-state index contributed by atoms with van der Waals surface area (Å²) in [6.07, 6.45) is 0. The van der Waals surface area contributed by atoms with Gasteiger partial charge in [-0.1, -0.05) is 5.16 Å². The Labute approximate surface area is 52.8 Å². The smallest absolute Gasteiger partial charge is 0.223 e. The van der Waals surface area contributed by atoms with Crippen LogP contribution in [0.25, 0.3) is 0 Å². The second-order valence-corrected chi connectivity index (χ2v) is 1.66. The van der Waals surface area contributed by atoms with Crippen molar-refractivity contribution in [3.8, 4) is 0 Å². The zero-order chi connectivity index (χ0) is 6.69. The molecule has 0 unspecified atom stereocenters. The molecule has 9 heavy (non-hydrogen) atoms. The number of rotatable bonds is 2. The number of hydrogen-bond donors (Lipinski definition) is 0. The highest BCUT2D eigenvalue weighted by Crippen LogP contribution is 1.94. The topological polar surface area (TPSA) is 48.2 Å². The lowest BCUT2D eigenvalue weighted by atomic mass is 10.6. The number of methoxy groups -OCH3 is 1. The molecule has 0 bridgehead atoms. The van der Waals surface area contributed by atoms with Crippen LogP contribution in [0.4, 0.5) is 0 Å². The van der Waals surface area contributed by atoms with E-state index >= 15 is 0 Å². The molecule has 0 spiro atoms. The number of aryl methyl sites for hydroxylation is 1. The van der Waals surface area contributed by atoms with Gasteiger partial charge in [0.1, 0.15) is 6.61 Å². The average Bonchev–Trinajstić information content (AvgIpc) is 2.17. The minimum absolute atomic E-state index is 0.414. The molecule has 0 aliphatic carbocycles. The van der Waals surface area contributed by atoms with E-state index in [-0.39, 0.29) is 0 Å². The minimum atomic E-state index is 0.414. The molecule has 4 nitrogen and oxygen atoms in total. The molecule has 1 aromatic heterocycles. The standard InChI is InChI=1S/C5H8N2O2/c1-4-6-5(3-8-2)7-9-4/h3H2,1-2H3. The van der Waals surface area contributed by atoms with Crippen molar-refractivity contribution >= 4 is 0 Å². The van der Waals surface area contributed by atoms with Crippen LogP contribution in [-0.4, -0.2) is 17.3 Å². The molecule has 0 aliphatic rings. The van der Waals surface area contributed by atoms with E-state index in [0.29, 0.717) is 18.3 Å². The maximum atomic E-state index is 4.76. The third-order valence-electron chi connectivity index (χ3n) is 0.843. The van der Waals surface area contributed by atoms with Gasteiger partial charge in [0, 0.05) is 14.0 Å². The Morgan fingerprint density at radius 1 is 1.67 bits per heavy atom. The SMILES string of the molecule is COCc1noc(C)n1. The predicted octanol–water partition coefficient (Wildman–Crippen LogP) is 0.524. The van der Waals surface area contributed by atoms with Crippen LogP contribution in [0.5, 0.6) is 0 Å². The third kappa shape index (κ3) is 1.50. The molecule has 0 fully saturated rings. The lowest BCUT2D eigenvalue weighted by molar-refractivity contribution is 0.174. The Balaban J connectivity index is 2.61. The first-order chi connectivity index (χ1) is 4.33. The second-order valence-electron chi connectivity index (χ2n) is 1.66. The second kappa shape index (κ2) is 2.59. The molecule has 0 atom stereocenters. The highest BCUT2D eigenvalue weighted by molar-refractivity contribution is 4.80. The summed E-state index contributed by atoms with van der Waals surface area (Å²) in [4.78, 5) is 3.90. The fourth-order valence-corrected chi connectivity index (χ4v) is 0.529. The van der Waals surface area contributed by atoms with E-state index < -0.39 is 0 Å². The van der Waals surface area contributed by atoms with Crippen LogP contribution in [-0.2, 0) is 11.3 Å². The zero-order valence-electron chi connectivity index (χ0n) is 5.42. The van der Waals surface area contributed by atoms with E-state index in [2.05, 4.69) is 14.7 Å². The van der Waals surface area contributed by atoms with Crippen molar-refractivity contribution in [2.45, 2.75) is 13.5 Å². The normalized spacial score (nSPS) is 10.0. The summed E-state index contributed by atoms with van der Waals surface area (Å²) in [6, 6.07) is 0. The molecule has 1 heterocycles. The first-order valence-electron chi connectivity index (χ1n) is 2.61. The van der Waals surface area contributed by atoms with Crippen LogP contribution < -0.4 is 0 Å². The Kier molecular flexibility index (Phi) is 1.79. The summed E-state index contributed by atoms with van der Waals surface area (Å²) in [5.41, 5.74) is 0. The lowest BCUT2D eigenvalue weighted by Gasteiger charge is -1.85. The number of nitrogens with zero attached hydrogens (tertiary/aromatic N) is 2. The summed E-state index contributed by atoms with van der Waals surface area (Å²) in [7, 11) is 1.59. The molecular formula is C5H8N2O2. The molecule has 0 saturated heterocycles. The van der Waals surface area contributed by atoms with Crippen LogP contribution in [0.1, 0.15) is 11.7 Å². The quantitative estimate of drug-likeness (QED) is 0.582. The third-order valence-corrected chi connectivity index (χ3v) is 0.843. The molecule has 0 radical (unpaired) electrons. The Bertz CT molecular complexity index is 185. The largest absolute Gasteiger partial charge is 0.377 e. The molecular weight excluding hydrogens is 120 g/mol. The number of hydrogen-bond acceptors (Lipinski definition) is 4. The molecule has 50 valence electrons. The molecule has 0 amide bonds. The van der Waals surface area contributed by atoms with Crippen molar-refractivity contribution in [1.29, 1.82) is 0 Å². The van der Waals surface area contributed by atoms with Gasteiger partial charge in [-0.25, -0.2) is 0 Å². The predicted molar refractivity (Wildman–Crippen MR) is 29.7 cm³/mol. The minimum Gasteiger partial charge on any atom is -0.377 e. The van der Waals surface area contributed by atoms with Crippen LogP contribution in [0, 0.1) is 6.92 Å². The number of aromatic nitrogens is 2. The van der Waals surface area contributed by atoms with Gasteiger partial charge in [-0.05, 0) is 0 Å². The van der Waals surface area contributed by atoms with E-state index in [0.717, 1.165) is 0 Å². The monoisotopic (exact) mass is 128 g/mol. The van der Waals surface area contributed by atoms with Gasteiger partial charge in [0.2, 0.25) is 5.89 Å². The maximum absolute atomic E-state index is 4.76. The summed E-state index contributed by atoms with van der Waals surface area (Å²) < 4.78 is 9.43. The molecule has 0 N–H and O–H groups in total. The lowest BCUT2D eigenvalue weighted by Crippen LogP contribution is -1.88. The Hall–Kier alpha value is -0.900. The van der Waals surface area contributed by atoms with Gasteiger partial charge in [0.05, 0.1) is 0 Å². The average molecular weight is 128 g/mol. The van der Waals surface area contributed by atoms with Gasteiger partial charge in [0.15, 0.2) is 5.82 Å². The Morgan fingerprint density at radius 3 is 2.89 bits per heavy atom. The fourth-order valence-electron chi connectivity index (χ4n) is 0.529. The molecule has 1 rings (SSSR count). The van der Waals surface area contributed by atoms with Gasteiger partial charge >= 0.3 is 0 Å². The van der Waals surface area contributed by atoms with Crippen LogP contribution >= 0.6 is 0 Å². The van der Waals surface area contributed by atoms with Crippen LogP contribution in [0.3, 0.4) is 0 Å². The van der Waals surface area contributed by atoms with Crippen molar-refractivity contribution < 1.29 is 9.26 Å². The van der Waals surface area contributed by atoms with Gasteiger partial charge < -0.3 is 9.26 Å². The highest BCUT2D eigenvalue weighted by Gasteiger charge is 1.98. The van der Waals surface area contributed by atoms with Crippen LogP contribution in [0.15, 0.2) is 4.52 Å². The van der Waals surface area contributed by atoms with Gasteiger partial charge in [0.25, 0.3) is 0 Å². The molecule has 0 aromatic carbocycles. The summed E-state index contributed by atoms with van der Waals surface area (Å²) in [5.74, 6) is 1.16. The Morgan fingerprint density at radius 2 is 2.44 bits per heavy atom. The molecule has 0 aliphatic heterocycles. The molecule has 1 aromatic rings. The van der Waals surface area contributed by atoms with Crippen molar-refractivity contribution in [3.05, 3.63) is 11.7 Å². The van der Waals surface area contributed by atoms with Crippen molar-refractivity contribution in [1.82, 2.24) is 10.1 Å². The van der Waals surface area contributed by atoms with E-state index in [4.69, 9.17) is 4.74 Å².